The van der Waals surface area contributed by atoms with E-state index in [-0.39, 0.29) is 0 Å². The van der Waals surface area contributed by atoms with Crippen molar-refractivity contribution in [3.8, 4) is 28.5 Å². The molecule has 0 radical (unpaired) electrons. The van der Waals surface area contributed by atoms with Gasteiger partial charge in [-0.2, -0.15) is 4.57 Å². The number of nitrogens with zero attached hydrogens (tertiary/aromatic N) is 1. The van der Waals surface area contributed by atoms with Gasteiger partial charge in [0.05, 0.1) is 31.8 Å². The van der Waals surface area contributed by atoms with Crippen LogP contribution in [0.5, 0.6) is 17.2 Å². The number of aromatic nitrogens is 1. The minimum absolute atomic E-state index is 0.762. The van der Waals surface area contributed by atoms with E-state index >= 15 is 0 Å². The van der Waals surface area contributed by atoms with Crippen molar-refractivity contribution in [3.63, 3.8) is 0 Å². The quantitative estimate of drug-likeness (QED) is 0.674. The fraction of sp³-hybridized carbons (Fsp3) is 0.286. The van der Waals surface area contributed by atoms with Crippen molar-refractivity contribution in [3.05, 3.63) is 47.7 Å². The summed E-state index contributed by atoms with van der Waals surface area (Å²) in [5.74, 6) is 2.59. The van der Waals surface area contributed by atoms with Crippen LogP contribution in [0.25, 0.3) is 22.0 Å². The minimum Gasteiger partial charge on any atom is -0.493 e. The fourth-order valence-corrected chi connectivity index (χ4v) is 4.06. The molecule has 0 bridgehead atoms. The molecule has 2 aliphatic heterocycles. The zero-order valence-corrected chi connectivity index (χ0v) is 14.5. The van der Waals surface area contributed by atoms with Gasteiger partial charge in [-0.25, -0.2) is 0 Å². The molecule has 0 atom stereocenters. The van der Waals surface area contributed by atoms with E-state index in [1.807, 2.05) is 6.07 Å². The molecule has 0 fully saturated rings. The van der Waals surface area contributed by atoms with E-state index in [0.29, 0.717) is 0 Å². The van der Waals surface area contributed by atoms with E-state index in [0.717, 1.165) is 54.0 Å². The lowest BCUT2D eigenvalue weighted by Crippen LogP contribution is -2.40. The highest BCUT2D eigenvalue weighted by Gasteiger charge is 2.27. The molecule has 1 aromatic heterocycles. The van der Waals surface area contributed by atoms with Crippen molar-refractivity contribution in [2.24, 2.45) is 0 Å². The van der Waals surface area contributed by atoms with Gasteiger partial charge < -0.3 is 14.2 Å². The zero-order chi connectivity index (χ0) is 17.0. The minimum atomic E-state index is 0.762. The standard InChI is InChI=1S/C21H20NO3/c1-23-19-4-3-13-10-18-16-11-20-15(6-8-25-20)9-14(16)5-7-22(18)12-17(13)21(19)24-2/h3-4,9-12H,5-8H2,1-2H3/q+1. The molecule has 3 aromatic rings. The Bertz CT molecular complexity index is 1010. The molecule has 0 unspecified atom stereocenters. The normalized spacial score (nSPS) is 14.5. The van der Waals surface area contributed by atoms with Crippen LogP contribution in [-0.2, 0) is 19.4 Å². The maximum absolute atomic E-state index is 5.79. The second-order valence-electron chi connectivity index (χ2n) is 6.62. The van der Waals surface area contributed by atoms with Crippen molar-refractivity contribution in [1.82, 2.24) is 0 Å². The first-order valence-corrected chi connectivity index (χ1v) is 8.65. The molecule has 2 aromatic carbocycles. The van der Waals surface area contributed by atoms with Gasteiger partial charge in [-0.05, 0) is 34.7 Å². The Labute approximate surface area is 146 Å². The van der Waals surface area contributed by atoms with Crippen LogP contribution >= 0.6 is 0 Å². The number of aryl methyl sites for hydroxylation is 2. The van der Waals surface area contributed by atoms with E-state index in [1.54, 1.807) is 14.2 Å². The molecule has 0 saturated heterocycles. The van der Waals surface area contributed by atoms with E-state index < -0.39 is 0 Å². The maximum Gasteiger partial charge on any atom is 0.213 e. The number of pyridine rings is 1. The predicted octanol–water partition coefficient (Wildman–Crippen LogP) is 3.30. The van der Waals surface area contributed by atoms with Crippen molar-refractivity contribution >= 4 is 10.8 Å². The lowest BCUT2D eigenvalue weighted by molar-refractivity contribution is -0.686. The van der Waals surface area contributed by atoms with Gasteiger partial charge in [0, 0.05) is 18.9 Å². The van der Waals surface area contributed by atoms with Crippen molar-refractivity contribution in [2.45, 2.75) is 19.4 Å². The number of fused-ring (bicyclic) bond motifs is 5. The summed E-state index contributed by atoms with van der Waals surface area (Å²) in [6.45, 7) is 1.77. The zero-order valence-electron chi connectivity index (χ0n) is 14.5. The van der Waals surface area contributed by atoms with E-state index in [9.17, 15) is 0 Å². The lowest BCUT2D eigenvalue weighted by atomic mass is 9.93. The van der Waals surface area contributed by atoms with Gasteiger partial charge in [0.1, 0.15) is 5.75 Å². The van der Waals surface area contributed by atoms with Crippen molar-refractivity contribution in [2.75, 3.05) is 20.8 Å². The van der Waals surface area contributed by atoms with E-state index in [2.05, 4.69) is 35.0 Å². The monoisotopic (exact) mass is 334 g/mol. The second kappa shape index (κ2) is 5.38. The molecule has 0 N–H and O–H groups in total. The van der Waals surface area contributed by atoms with Gasteiger partial charge in [-0.3, -0.25) is 0 Å². The molecule has 3 heterocycles. The molecule has 126 valence electrons. The topological polar surface area (TPSA) is 31.6 Å². The molecule has 2 aliphatic rings. The summed E-state index contributed by atoms with van der Waals surface area (Å²) in [6, 6.07) is 10.9. The first-order chi connectivity index (χ1) is 12.3. The Morgan fingerprint density at radius 1 is 1.00 bits per heavy atom. The second-order valence-corrected chi connectivity index (χ2v) is 6.62. The van der Waals surface area contributed by atoms with Crippen molar-refractivity contribution in [1.29, 1.82) is 0 Å². The molecule has 0 spiro atoms. The largest absolute Gasteiger partial charge is 0.493 e. The van der Waals surface area contributed by atoms with Crippen molar-refractivity contribution < 1.29 is 18.8 Å². The first kappa shape index (κ1) is 14.6. The lowest BCUT2D eigenvalue weighted by Gasteiger charge is -2.17. The molecular formula is C21H20NO3+. The van der Waals surface area contributed by atoms with Gasteiger partial charge in [-0.1, -0.05) is 6.07 Å². The van der Waals surface area contributed by atoms with Gasteiger partial charge >= 0.3 is 0 Å². The Balaban J connectivity index is 1.75. The highest BCUT2D eigenvalue weighted by molar-refractivity contribution is 5.91. The summed E-state index contributed by atoms with van der Waals surface area (Å²) < 4.78 is 19.2. The molecule has 0 saturated carbocycles. The summed E-state index contributed by atoms with van der Waals surface area (Å²) in [7, 11) is 3.36. The van der Waals surface area contributed by atoms with Crippen LogP contribution in [0.4, 0.5) is 0 Å². The Morgan fingerprint density at radius 3 is 2.76 bits per heavy atom. The fourth-order valence-electron chi connectivity index (χ4n) is 4.06. The van der Waals surface area contributed by atoms with Crippen LogP contribution < -0.4 is 18.8 Å². The average Bonchev–Trinajstić information content (AvgIpc) is 3.11. The molecule has 5 rings (SSSR count). The van der Waals surface area contributed by atoms with E-state index in [1.165, 1.54) is 22.4 Å². The smallest absolute Gasteiger partial charge is 0.213 e. The Kier molecular flexibility index (Phi) is 3.14. The number of ether oxygens (including phenoxy) is 3. The third-order valence-electron chi connectivity index (χ3n) is 5.32. The predicted molar refractivity (Wildman–Crippen MR) is 95.6 cm³/mol. The van der Waals surface area contributed by atoms with Crippen LogP contribution in [0.1, 0.15) is 11.1 Å². The Morgan fingerprint density at radius 2 is 1.92 bits per heavy atom. The first-order valence-electron chi connectivity index (χ1n) is 8.65. The van der Waals surface area contributed by atoms with Gasteiger partial charge in [0.15, 0.2) is 24.2 Å². The van der Waals surface area contributed by atoms with Crippen LogP contribution in [0, 0.1) is 0 Å². The SMILES string of the molecule is COc1ccc2cc3[n+](cc2c1OC)CCc1cc2c(cc1-3)OCC2. The summed E-state index contributed by atoms with van der Waals surface area (Å²) in [5, 5.41) is 2.23. The number of hydrogen-bond donors (Lipinski definition) is 0. The summed E-state index contributed by atoms with van der Waals surface area (Å²) in [5.41, 5.74) is 5.28. The molecule has 25 heavy (non-hydrogen) atoms. The highest BCUT2D eigenvalue weighted by atomic mass is 16.5. The molecule has 0 aliphatic carbocycles. The van der Waals surface area contributed by atoms with Gasteiger partial charge in [0.2, 0.25) is 5.69 Å². The summed E-state index contributed by atoms with van der Waals surface area (Å²) >= 11 is 0. The number of hydrogen-bond acceptors (Lipinski definition) is 3. The molecule has 4 nitrogen and oxygen atoms in total. The number of rotatable bonds is 2. The summed E-state index contributed by atoms with van der Waals surface area (Å²) in [6.07, 6.45) is 4.25. The van der Waals surface area contributed by atoms with Crippen LogP contribution in [-0.4, -0.2) is 20.8 Å². The summed E-state index contributed by atoms with van der Waals surface area (Å²) in [4.78, 5) is 0. The van der Waals surface area contributed by atoms with E-state index in [4.69, 9.17) is 14.2 Å². The van der Waals surface area contributed by atoms with Crippen LogP contribution in [0.15, 0.2) is 36.5 Å². The molecular weight excluding hydrogens is 314 g/mol. The third kappa shape index (κ3) is 2.10. The molecule has 0 amide bonds. The number of benzene rings is 2. The van der Waals surface area contributed by atoms with Crippen LogP contribution in [0.3, 0.4) is 0 Å². The van der Waals surface area contributed by atoms with Gasteiger partial charge in [0.25, 0.3) is 0 Å². The maximum atomic E-state index is 5.79. The van der Waals surface area contributed by atoms with Crippen LogP contribution in [0.2, 0.25) is 0 Å². The Hall–Kier alpha value is -2.75. The highest BCUT2D eigenvalue weighted by Crippen LogP contribution is 2.39. The third-order valence-corrected chi connectivity index (χ3v) is 5.32. The molecule has 4 heteroatoms. The average molecular weight is 334 g/mol. The number of methoxy groups -OCH3 is 2. The van der Waals surface area contributed by atoms with Gasteiger partial charge in [-0.15, -0.1) is 0 Å².